The number of nitrogens with one attached hydrogen (secondary N) is 1. The Balaban J connectivity index is 1.38. The van der Waals surface area contributed by atoms with Gasteiger partial charge >= 0.3 is 0 Å². The third kappa shape index (κ3) is 4.24. The number of imide groups is 1. The van der Waals surface area contributed by atoms with Gasteiger partial charge in [-0.25, -0.2) is 0 Å². The largest absolute Gasteiger partial charge is 0.350 e. The van der Waals surface area contributed by atoms with Crippen LogP contribution in [0.25, 0.3) is 11.8 Å². The monoisotopic (exact) mass is 437 g/mol. The van der Waals surface area contributed by atoms with Crippen LogP contribution in [0, 0.1) is 6.92 Å². The molecule has 3 aromatic rings. The molecule has 30 heavy (non-hydrogen) atoms. The molecule has 8 heteroatoms. The highest BCUT2D eigenvalue weighted by molar-refractivity contribution is 8.18. The highest BCUT2D eigenvalue weighted by atomic mass is 32.2. The molecule has 3 amide bonds. The lowest BCUT2D eigenvalue weighted by atomic mass is 10.1. The molecular weight excluding hydrogens is 418 g/mol. The van der Waals surface area contributed by atoms with Crippen molar-refractivity contribution in [3.8, 4) is 5.69 Å². The first-order valence-corrected chi connectivity index (χ1v) is 11.0. The van der Waals surface area contributed by atoms with Gasteiger partial charge in [-0.05, 0) is 66.0 Å². The number of benzene rings is 1. The van der Waals surface area contributed by atoms with Crippen LogP contribution in [0.1, 0.15) is 20.8 Å². The maximum absolute atomic E-state index is 12.6. The Morgan fingerprint density at radius 3 is 2.67 bits per heavy atom. The van der Waals surface area contributed by atoms with E-state index >= 15 is 0 Å². The Hall–Kier alpha value is -3.10. The van der Waals surface area contributed by atoms with Gasteiger partial charge in [0, 0.05) is 41.6 Å². The minimum absolute atomic E-state index is 0.133. The van der Waals surface area contributed by atoms with Gasteiger partial charge < -0.3 is 9.88 Å². The average molecular weight is 438 g/mol. The zero-order valence-corrected chi connectivity index (χ0v) is 17.8. The minimum Gasteiger partial charge on any atom is -0.350 e. The summed E-state index contributed by atoms with van der Waals surface area (Å²) in [4.78, 5) is 39.8. The topological polar surface area (TPSA) is 71.4 Å². The molecule has 3 heterocycles. The summed E-state index contributed by atoms with van der Waals surface area (Å²) in [5, 5.41) is 4.40. The van der Waals surface area contributed by atoms with Crippen molar-refractivity contribution in [2.45, 2.75) is 6.92 Å². The molecule has 0 spiro atoms. The second kappa shape index (κ2) is 8.73. The summed E-state index contributed by atoms with van der Waals surface area (Å²) in [5.41, 5.74) is 2.51. The Morgan fingerprint density at radius 2 is 1.93 bits per heavy atom. The van der Waals surface area contributed by atoms with Crippen molar-refractivity contribution in [3.05, 3.63) is 81.1 Å². The van der Waals surface area contributed by atoms with Crippen molar-refractivity contribution < 1.29 is 14.4 Å². The number of amides is 3. The number of carbonyl (C=O) groups excluding carboxylic acids is 3. The molecule has 4 rings (SSSR count). The fraction of sp³-hybridized carbons (Fsp3) is 0.136. The number of aryl methyl sites for hydroxylation is 1. The number of thioether (sulfide) groups is 1. The Labute approximate surface area is 182 Å². The highest BCUT2D eigenvalue weighted by Gasteiger charge is 2.34. The van der Waals surface area contributed by atoms with E-state index in [-0.39, 0.29) is 30.1 Å². The van der Waals surface area contributed by atoms with Crippen molar-refractivity contribution >= 4 is 46.2 Å². The summed E-state index contributed by atoms with van der Waals surface area (Å²) in [6.45, 7) is 2.31. The molecule has 1 saturated heterocycles. The summed E-state index contributed by atoms with van der Waals surface area (Å²) in [6.07, 6.45) is 5.57. The van der Waals surface area contributed by atoms with Crippen LogP contribution in [0.5, 0.6) is 0 Å². The summed E-state index contributed by atoms with van der Waals surface area (Å²) in [6, 6.07) is 13.1. The van der Waals surface area contributed by atoms with Gasteiger partial charge in [0.1, 0.15) is 0 Å². The third-order valence-electron chi connectivity index (χ3n) is 4.67. The number of carbonyl (C=O) groups is 3. The molecule has 0 atom stereocenters. The number of hydrogen-bond acceptors (Lipinski definition) is 5. The predicted molar refractivity (Wildman–Crippen MR) is 120 cm³/mol. The quantitative estimate of drug-likeness (QED) is 0.583. The molecule has 6 nitrogen and oxygen atoms in total. The lowest BCUT2D eigenvalue weighted by Crippen LogP contribution is -2.37. The number of thiophene rings is 1. The first kappa shape index (κ1) is 20.2. The molecule has 1 aliphatic heterocycles. The summed E-state index contributed by atoms with van der Waals surface area (Å²) in [5.74, 6) is -0.567. The maximum atomic E-state index is 12.6. The number of hydrogen-bond donors (Lipinski definition) is 1. The van der Waals surface area contributed by atoms with E-state index in [0.717, 1.165) is 27.9 Å². The van der Waals surface area contributed by atoms with E-state index < -0.39 is 0 Å². The van der Waals surface area contributed by atoms with Crippen molar-refractivity contribution in [1.82, 2.24) is 14.8 Å². The highest BCUT2D eigenvalue weighted by Crippen LogP contribution is 2.32. The third-order valence-corrected chi connectivity index (χ3v) is 6.39. The second-order valence-electron chi connectivity index (χ2n) is 6.70. The zero-order chi connectivity index (χ0) is 21.1. The standard InChI is InChI=1S/C22H19N3O3S2/c1-15-6-7-16(13-18(15)24-9-2-3-10-24)20(26)23-8-11-25-21(27)19(30-22(25)28)14-17-5-4-12-29-17/h2-7,9-10,12-14H,8,11H2,1H3,(H,23,26)/b19-14-. The second-order valence-corrected chi connectivity index (χ2v) is 8.67. The fourth-order valence-electron chi connectivity index (χ4n) is 3.10. The summed E-state index contributed by atoms with van der Waals surface area (Å²) < 4.78 is 1.95. The number of rotatable bonds is 6. The van der Waals surface area contributed by atoms with Crippen LogP contribution in [-0.4, -0.2) is 39.6 Å². The Kier molecular flexibility index (Phi) is 5.87. The number of nitrogens with zero attached hydrogens (tertiary/aromatic N) is 2. The average Bonchev–Trinajstić information content (AvgIpc) is 3.48. The summed E-state index contributed by atoms with van der Waals surface area (Å²) in [7, 11) is 0. The van der Waals surface area contributed by atoms with E-state index in [4.69, 9.17) is 0 Å². The van der Waals surface area contributed by atoms with E-state index in [9.17, 15) is 14.4 Å². The van der Waals surface area contributed by atoms with E-state index in [0.29, 0.717) is 10.5 Å². The molecule has 152 valence electrons. The smallest absolute Gasteiger partial charge is 0.293 e. The first-order valence-electron chi connectivity index (χ1n) is 9.34. The van der Waals surface area contributed by atoms with Gasteiger partial charge in [-0.2, -0.15) is 0 Å². The van der Waals surface area contributed by atoms with Crippen LogP contribution in [0.15, 0.2) is 65.1 Å². The molecule has 1 fully saturated rings. The van der Waals surface area contributed by atoms with Crippen LogP contribution in [0.4, 0.5) is 4.79 Å². The van der Waals surface area contributed by atoms with Gasteiger partial charge in [0.15, 0.2) is 0 Å². The van der Waals surface area contributed by atoms with Crippen LogP contribution in [0.2, 0.25) is 0 Å². The van der Waals surface area contributed by atoms with E-state index in [2.05, 4.69) is 5.32 Å². The molecule has 2 aromatic heterocycles. The molecule has 0 radical (unpaired) electrons. The van der Waals surface area contributed by atoms with Gasteiger partial charge in [0.05, 0.1) is 4.91 Å². The van der Waals surface area contributed by atoms with Crippen molar-refractivity contribution in [2.24, 2.45) is 0 Å². The lowest BCUT2D eigenvalue weighted by molar-refractivity contribution is -0.122. The van der Waals surface area contributed by atoms with Crippen molar-refractivity contribution in [1.29, 1.82) is 0 Å². The minimum atomic E-state index is -0.321. The summed E-state index contributed by atoms with van der Waals surface area (Å²) >= 11 is 2.43. The van der Waals surface area contributed by atoms with Gasteiger partial charge in [-0.15, -0.1) is 11.3 Å². The Bertz CT molecular complexity index is 1120. The van der Waals surface area contributed by atoms with Crippen molar-refractivity contribution in [3.63, 3.8) is 0 Å². The van der Waals surface area contributed by atoms with E-state index in [1.54, 1.807) is 12.1 Å². The van der Waals surface area contributed by atoms with Crippen molar-refractivity contribution in [2.75, 3.05) is 13.1 Å². The zero-order valence-electron chi connectivity index (χ0n) is 16.2. The van der Waals surface area contributed by atoms with Crippen LogP contribution >= 0.6 is 23.1 Å². The molecule has 0 saturated carbocycles. The molecule has 0 aliphatic carbocycles. The first-order chi connectivity index (χ1) is 14.5. The molecule has 1 N–H and O–H groups in total. The van der Waals surface area contributed by atoms with E-state index in [1.165, 1.54) is 16.2 Å². The van der Waals surface area contributed by atoms with Gasteiger partial charge in [-0.1, -0.05) is 12.1 Å². The van der Waals surface area contributed by atoms with Gasteiger partial charge in [0.2, 0.25) is 0 Å². The Morgan fingerprint density at radius 1 is 1.13 bits per heavy atom. The normalized spacial score (nSPS) is 15.2. The molecule has 0 unspecified atom stereocenters. The SMILES string of the molecule is Cc1ccc(C(=O)NCCN2C(=O)S/C(=C\c3cccs3)C2=O)cc1-n1cccc1. The van der Waals surface area contributed by atoms with Crippen LogP contribution in [-0.2, 0) is 4.79 Å². The van der Waals surface area contributed by atoms with Gasteiger partial charge in [0.25, 0.3) is 17.1 Å². The number of aromatic nitrogens is 1. The molecule has 1 aromatic carbocycles. The lowest BCUT2D eigenvalue weighted by Gasteiger charge is -2.14. The molecule has 1 aliphatic rings. The molecule has 0 bridgehead atoms. The van der Waals surface area contributed by atoms with Gasteiger partial charge in [-0.3, -0.25) is 19.3 Å². The fourth-order valence-corrected chi connectivity index (χ4v) is 4.69. The van der Waals surface area contributed by atoms with E-state index in [1.807, 2.05) is 65.7 Å². The van der Waals surface area contributed by atoms with Crippen LogP contribution in [0.3, 0.4) is 0 Å². The molecular formula is C22H19N3O3S2. The predicted octanol–water partition coefficient (Wildman–Crippen LogP) is 4.31. The van der Waals surface area contributed by atoms with Crippen LogP contribution < -0.4 is 5.32 Å². The maximum Gasteiger partial charge on any atom is 0.293 e.